The van der Waals surface area contributed by atoms with Gasteiger partial charge in [-0.3, -0.25) is 14.9 Å². The molecule has 0 bridgehead atoms. The van der Waals surface area contributed by atoms with E-state index in [9.17, 15) is 14.9 Å². The number of aromatic nitrogens is 2. The van der Waals surface area contributed by atoms with E-state index >= 15 is 0 Å². The number of hydrogen-bond donors (Lipinski definition) is 1. The topological polar surface area (TPSA) is 99.3 Å². The fourth-order valence-electron chi connectivity index (χ4n) is 3.12. The van der Waals surface area contributed by atoms with Crippen molar-refractivity contribution in [3.63, 3.8) is 0 Å². The number of nitrogens with one attached hydrogen (secondary N) is 1. The van der Waals surface area contributed by atoms with Crippen molar-refractivity contribution in [1.29, 1.82) is 0 Å². The minimum absolute atomic E-state index is 0.0986. The van der Waals surface area contributed by atoms with Crippen LogP contribution in [0.1, 0.15) is 33.4 Å². The molecule has 0 saturated heterocycles. The molecule has 28 heavy (non-hydrogen) atoms. The van der Waals surface area contributed by atoms with Crippen LogP contribution in [-0.4, -0.2) is 27.5 Å². The largest absolute Gasteiger partial charge is 0.496 e. The molecule has 1 heterocycles. The molecule has 1 aromatic heterocycles. The number of amides is 1. The molecule has 1 amide bonds. The number of imidazole rings is 1. The highest BCUT2D eigenvalue weighted by Crippen LogP contribution is 2.30. The molecule has 3 aromatic rings. The molecule has 0 radical (unpaired) electrons. The zero-order chi connectivity index (χ0) is 20.3. The van der Waals surface area contributed by atoms with Crippen LogP contribution in [0.2, 0.25) is 0 Å². The molecule has 1 unspecified atom stereocenters. The number of nitro groups is 1. The van der Waals surface area contributed by atoms with Crippen LogP contribution >= 0.6 is 0 Å². The summed E-state index contributed by atoms with van der Waals surface area (Å²) in [7, 11) is 3.39. The number of aryl methyl sites for hydroxylation is 1. The van der Waals surface area contributed by atoms with Crippen LogP contribution in [0, 0.1) is 17.0 Å². The maximum Gasteiger partial charge on any atom is 0.273 e. The molecule has 0 aliphatic rings. The van der Waals surface area contributed by atoms with Crippen molar-refractivity contribution in [2.45, 2.75) is 13.0 Å². The summed E-state index contributed by atoms with van der Waals surface area (Å²) < 4.78 is 7.25. The number of methoxy groups -OCH3 is 1. The van der Waals surface area contributed by atoms with E-state index in [-0.39, 0.29) is 11.3 Å². The summed E-state index contributed by atoms with van der Waals surface area (Å²) in [6.07, 6.45) is 3.42. The third kappa shape index (κ3) is 3.57. The van der Waals surface area contributed by atoms with Crippen molar-refractivity contribution in [2.75, 3.05) is 7.11 Å². The Kier molecular flexibility index (Phi) is 5.39. The van der Waals surface area contributed by atoms with Gasteiger partial charge in [0.15, 0.2) is 0 Å². The van der Waals surface area contributed by atoms with Gasteiger partial charge in [0, 0.05) is 42.2 Å². The molecule has 2 aromatic carbocycles. The second-order valence-electron chi connectivity index (χ2n) is 6.25. The van der Waals surface area contributed by atoms with Gasteiger partial charge in [-0.05, 0) is 19.1 Å². The number of carbonyl (C=O) groups excluding carboxylic acids is 1. The normalized spacial score (nSPS) is 11.7. The fraction of sp³-hybridized carbons (Fsp3) is 0.200. The minimum Gasteiger partial charge on any atom is -0.496 e. The number of carbonyl (C=O) groups is 1. The van der Waals surface area contributed by atoms with Gasteiger partial charge in [0.2, 0.25) is 0 Å². The summed E-state index contributed by atoms with van der Waals surface area (Å²) in [5, 5.41) is 14.1. The van der Waals surface area contributed by atoms with Crippen molar-refractivity contribution >= 4 is 11.6 Å². The Morgan fingerprint density at radius 2 is 2.00 bits per heavy atom. The van der Waals surface area contributed by atoms with Gasteiger partial charge >= 0.3 is 0 Å². The number of benzene rings is 2. The number of hydrogen-bond acceptors (Lipinski definition) is 5. The molecule has 8 heteroatoms. The van der Waals surface area contributed by atoms with Crippen molar-refractivity contribution < 1.29 is 14.5 Å². The summed E-state index contributed by atoms with van der Waals surface area (Å²) in [4.78, 5) is 28.1. The first-order valence-corrected chi connectivity index (χ1v) is 8.59. The Labute approximate surface area is 161 Å². The molecule has 0 aliphatic heterocycles. The van der Waals surface area contributed by atoms with E-state index in [1.54, 1.807) is 43.1 Å². The number of nitrogens with zero attached hydrogens (tertiary/aromatic N) is 3. The maximum atomic E-state index is 13.0. The van der Waals surface area contributed by atoms with Crippen LogP contribution in [-0.2, 0) is 7.05 Å². The van der Waals surface area contributed by atoms with Crippen LogP contribution in [0.4, 0.5) is 5.69 Å². The lowest BCUT2D eigenvalue weighted by molar-refractivity contribution is -0.385. The Morgan fingerprint density at radius 3 is 2.64 bits per heavy atom. The summed E-state index contributed by atoms with van der Waals surface area (Å²) in [5.41, 5.74) is 1.18. The second kappa shape index (κ2) is 7.91. The van der Waals surface area contributed by atoms with Crippen LogP contribution < -0.4 is 10.1 Å². The zero-order valence-electron chi connectivity index (χ0n) is 15.7. The molecule has 8 nitrogen and oxygen atoms in total. The van der Waals surface area contributed by atoms with Crippen LogP contribution in [0.15, 0.2) is 54.9 Å². The first kappa shape index (κ1) is 19.1. The lowest BCUT2D eigenvalue weighted by atomic mass is 10.0. The molecular formula is C20H20N4O4. The molecule has 0 fully saturated rings. The van der Waals surface area contributed by atoms with E-state index in [2.05, 4.69) is 10.3 Å². The summed E-state index contributed by atoms with van der Waals surface area (Å²) in [6, 6.07) is 11.2. The Balaban J connectivity index is 2.04. The molecule has 3 rings (SSSR count). The highest BCUT2D eigenvalue weighted by Gasteiger charge is 2.26. The van der Waals surface area contributed by atoms with Crippen LogP contribution in [0.5, 0.6) is 5.75 Å². The van der Waals surface area contributed by atoms with Crippen molar-refractivity contribution in [3.05, 3.63) is 87.5 Å². The van der Waals surface area contributed by atoms with Crippen LogP contribution in [0.3, 0.4) is 0 Å². The van der Waals surface area contributed by atoms with Gasteiger partial charge in [-0.15, -0.1) is 0 Å². The minimum atomic E-state index is -0.595. The monoisotopic (exact) mass is 380 g/mol. The van der Waals surface area contributed by atoms with Gasteiger partial charge in [0.05, 0.1) is 12.0 Å². The molecule has 0 spiro atoms. The predicted molar refractivity (Wildman–Crippen MR) is 103 cm³/mol. The third-order valence-electron chi connectivity index (χ3n) is 4.59. The number of para-hydroxylation sites is 1. The van der Waals surface area contributed by atoms with Gasteiger partial charge in [-0.2, -0.15) is 0 Å². The van der Waals surface area contributed by atoms with E-state index in [1.807, 2.05) is 25.2 Å². The molecule has 1 atom stereocenters. The standard InChI is InChI=1S/C20H20N4O4/c1-13-14(8-6-9-16(13)24(26)27)20(25)22-18(19-21-11-12-23(19)2)15-7-4-5-10-17(15)28-3/h4-12,18H,1-3H3,(H,22,25). The smallest absolute Gasteiger partial charge is 0.273 e. The molecular weight excluding hydrogens is 360 g/mol. The number of nitro benzene ring substituents is 1. The van der Waals surface area contributed by atoms with E-state index in [1.165, 1.54) is 12.1 Å². The van der Waals surface area contributed by atoms with Gasteiger partial charge < -0.3 is 14.6 Å². The Hall–Kier alpha value is -3.68. The average Bonchev–Trinajstić information content (AvgIpc) is 3.11. The van der Waals surface area contributed by atoms with Crippen molar-refractivity contribution in [3.8, 4) is 5.75 Å². The van der Waals surface area contributed by atoms with Crippen molar-refractivity contribution in [2.24, 2.45) is 7.05 Å². The average molecular weight is 380 g/mol. The first-order chi connectivity index (χ1) is 13.4. The lowest BCUT2D eigenvalue weighted by Crippen LogP contribution is -2.32. The van der Waals surface area contributed by atoms with E-state index in [4.69, 9.17) is 4.74 Å². The van der Waals surface area contributed by atoms with E-state index in [0.717, 1.165) is 5.56 Å². The quantitative estimate of drug-likeness (QED) is 0.523. The number of ether oxygens (including phenoxy) is 1. The molecule has 0 saturated carbocycles. The van der Waals surface area contributed by atoms with Crippen molar-refractivity contribution in [1.82, 2.24) is 14.9 Å². The zero-order valence-corrected chi connectivity index (χ0v) is 15.7. The summed E-state index contributed by atoms with van der Waals surface area (Å²) in [6.45, 7) is 1.56. The second-order valence-corrected chi connectivity index (χ2v) is 6.25. The fourth-order valence-corrected chi connectivity index (χ4v) is 3.12. The van der Waals surface area contributed by atoms with Gasteiger partial charge in [-0.25, -0.2) is 4.98 Å². The first-order valence-electron chi connectivity index (χ1n) is 8.59. The molecule has 144 valence electrons. The van der Waals surface area contributed by atoms with Gasteiger partial charge in [0.25, 0.3) is 11.6 Å². The molecule has 1 N–H and O–H groups in total. The van der Waals surface area contributed by atoms with Gasteiger partial charge in [-0.1, -0.05) is 24.3 Å². The van der Waals surface area contributed by atoms with E-state index in [0.29, 0.717) is 17.1 Å². The number of rotatable bonds is 6. The molecule has 0 aliphatic carbocycles. The van der Waals surface area contributed by atoms with Gasteiger partial charge in [0.1, 0.15) is 17.6 Å². The lowest BCUT2D eigenvalue weighted by Gasteiger charge is -2.21. The predicted octanol–water partition coefficient (Wildman–Crippen LogP) is 3.16. The summed E-state index contributed by atoms with van der Waals surface area (Å²) >= 11 is 0. The Bertz CT molecular complexity index is 1030. The maximum absolute atomic E-state index is 13.0. The Morgan fingerprint density at radius 1 is 1.25 bits per heavy atom. The van der Waals surface area contributed by atoms with E-state index < -0.39 is 16.9 Å². The van der Waals surface area contributed by atoms with Crippen LogP contribution in [0.25, 0.3) is 0 Å². The SMILES string of the molecule is COc1ccccc1C(NC(=O)c1cccc([N+](=O)[O-])c1C)c1nccn1C. The highest BCUT2D eigenvalue weighted by molar-refractivity contribution is 5.97. The highest BCUT2D eigenvalue weighted by atomic mass is 16.6. The summed E-state index contributed by atoms with van der Waals surface area (Å²) in [5.74, 6) is 0.785. The third-order valence-corrected chi connectivity index (χ3v) is 4.59.